The third-order valence-corrected chi connectivity index (χ3v) is 7.13. The number of anilines is 1. The summed E-state index contributed by atoms with van der Waals surface area (Å²) < 4.78 is 5.10. The van der Waals surface area contributed by atoms with Crippen molar-refractivity contribution >= 4 is 39.7 Å². The zero-order valence-electron chi connectivity index (χ0n) is 22.4. The molecule has 1 amide bonds. The molecule has 0 saturated heterocycles. The Morgan fingerprint density at radius 3 is 2.55 bits per heavy atom. The number of amides is 1. The van der Waals surface area contributed by atoms with Crippen LogP contribution in [0, 0.1) is 13.8 Å². The summed E-state index contributed by atoms with van der Waals surface area (Å²) in [7, 11) is 6.87. The second kappa shape index (κ2) is 9.29. The number of aromatic nitrogens is 6. The molecule has 1 N–H and O–H groups in total. The molecule has 0 saturated carbocycles. The summed E-state index contributed by atoms with van der Waals surface area (Å²) in [6.07, 6.45) is 3.38. The van der Waals surface area contributed by atoms with Crippen molar-refractivity contribution in [3.05, 3.63) is 74.8 Å². The van der Waals surface area contributed by atoms with Crippen LogP contribution in [-0.2, 0) is 14.1 Å². The van der Waals surface area contributed by atoms with E-state index >= 15 is 0 Å². The van der Waals surface area contributed by atoms with Crippen LogP contribution in [0.3, 0.4) is 0 Å². The van der Waals surface area contributed by atoms with Crippen molar-refractivity contribution in [2.24, 2.45) is 14.1 Å². The Morgan fingerprint density at radius 2 is 1.89 bits per heavy atom. The van der Waals surface area contributed by atoms with E-state index in [1.807, 2.05) is 50.4 Å². The molecule has 1 aromatic carbocycles. The van der Waals surface area contributed by atoms with Crippen LogP contribution in [0.2, 0.25) is 5.15 Å². The number of rotatable bonds is 5. The van der Waals surface area contributed by atoms with Crippen LogP contribution in [0.15, 0.2) is 41.6 Å². The van der Waals surface area contributed by atoms with Gasteiger partial charge in [0.25, 0.3) is 11.5 Å². The second-order valence-corrected chi connectivity index (χ2v) is 10.2. The Labute approximate surface area is 224 Å². The van der Waals surface area contributed by atoms with E-state index in [0.717, 1.165) is 28.1 Å². The average molecular weight is 533 g/mol. The van der Waals surface area contributed by atoms with Crippen LogP contribution in [-0.4, -0.2) is 53.6 Å². The molecule has 1 atom stereocenters. The maximum absolute atomic E-state index is 13.5. The number of aryl methyl sites for hydroxylation is 3. The zero-order chi connectivity index (χ0) is 27.5. The van der Waals surface area contributed by atoms with Gasteiger partial charge < -0.3 is 10.2 Å². The highest BCUT2D eigenvalue weighted by Crippen LogP contribution is 2.34. The summed E-state index contributed by atoms with van der Waals surface area (Å²) in [5.41, 5.74) is 6.29. The van der Waals surface area contributed by atoms with Gasteiger partial charge in [-0.2, -0.15) is 5.10 Å². The van der Waals surface area contributed by atoms with E-state index in [-0.39, 0.29) is 23.2 Å². The highest BCUT2D eigenvalue weighted by molar-refractivity contribution is 6.29. The monoisotopic (exact) mass is 532 g/mol. The number of imidazole rings is 1. The summed E-state index contributed by atoms with van der Waals surface area (Å²) in [5, 5.41) is 8.86. The van der Waals surface area contributed by atoms with Crippen molar-refractivity contribution in [2.45, 2.75) is 26.8 Å². The lowest BCUT2D eigenvalue weighted by Gasteiger charge is -2.21. The largest absolute Gasteiger partial charge is 0.377 e. The van der Waals surface area contributed by atoms with E-state index in [4.69, 9.17) is 11.6 Å². The molecular weight excluding hydrogens is 504 g/mol. The van der Waals surface area contributed by atoms with Crippen molar-refractivity contribution < 1.29 is 4.79 Å². The fourth-order valence-corrected chi connectivity index (χ4v) is 4.98. The predicted octanol–water partition coefficient (Wildman–Crippen LogP) is 4.13. The molecule has 0 aliphatic heterocycles. The van der Waals surface area contributed by atoms with Crippen molar-refractivity contribution in [1.82, 2.24) is 33.6 Å². The SMILES string of the molecule is Cc1cc(C(C)Nc2ccc(Cl)nc2-c2cnn(C)c2C)c2c(c1)c(=O)n(C)c1c(C(=O)N(C)C)ncn21. The average Bonchev–Trinajstić information content (AvgIpc) is 3.46. The number of nitrogens with one attached hydrogen (secondary N) is 1. The molecule has 1 unspecified atom stereocenters. The highest BCUT2D eigenvalue weighted by Gasteiger charge is 2.24. The van der Waals surface area contributed by atoms with Crippen LogP contribution >= 0.6 is 11.6 Å². The van der Waals surface area contributed by atoms with Gasteiger partial charge in [-0.25, -0.2) is 9.97 Å². The minimum Gasteiger partial charge on any atom is -0.377 e. The molecule has 4 aromatic heterocycles. The number of hydrogen-bond acceptors (Lipinski definition) is 6. The van der Waals surface area contributed by atoms with E-state index in [2.05, 4.69) is 20.4 Å². The number of halogens is 1. The first-order valence-electron chi connectivity index (χ1n) is 12.1. The molecule has 4 heterocycles. The molecule has 0 fully saturated rings. The molecule has 0 aliphatic carbocycles. The fraction of sp³-hybridized carbons (Fsp3) is 0.296. The number of carbonyl (C=O) groups excluding carboxylic acids is 1. The standard InChI is InChI=1S/C27H29ClN8O2/c1-14-10-17(15(2)31-20-8-9-21(28)32-22(20)19-12-30-35(7)16(19)3)24-18(11-14)26(37)34(6)25-23(27(38)33(4)5)29-13-36(24)25/h8-13,15,31H,1-7H3. The van der Waals surface area contributed by atoms with Crippen LogP contribution in [0.5, 0.6) is 0 Å². The summed E-state index contributed by atoms with van der Waals surface area (Å²) in [6, 6.07) is 7.30. The number of hydrogen-bond donors (Lipinski definition) is 1. The van der Waals surface area contributed by atoms with Crippen LogP contribution in [0.25, 0.3) is 27.8 Å². The first-order valence-corrected chi connectivity index (χ1v) is 12.5. The Morgan fingerprint density at radius 1 is 1.16 bits per heavy atom. The van der Waals surface area contributed by atoms with E-state index in [9.17, 15) is 9.59 Å². The summed E-state index contributed by atoms with van der Waals surface area (Å²) in [6.45, 7) is 5.96. The molecule has 0 spiro atoms. The number of pyridine rings is 1. The van der Waals surface area contributed by atoms with Crippen molar-refractivity contribution in [3.63, 3.8) is 0 Å². The Balaban J connectivity index is 1.71. The van der Waals surface area contributed by atoms with Gasteiger partial charge in [-0.05, 0) is 50.1 Å². The molecular formula is C27H29ClN8O2. The normalized spacial score (nSPS) is 12.3. The van der Waals surface area contributed by atoms with Gasteiger partial charge in [0.05, 0.1) is 34.5 Å². The zero-order valence-corrected chi connectivity index (χ0v) is 23.1. The first kappa shape index (κ1) is 25.5. The molecule has 10 nitrogen and oxygen atoms in total. The van der Waals surface area contributed by atoms with Gasteiger partial charge in [-0.1, -0.05) is 17.7 Å². The second-order valence-electron chi connectivity index (χ2n) is 9.76. The molecule has 5 aromatic rings. The Hall–Kier alpha value is -4.18. The topological polar surface area (TPSA) is 102 Å². The molecule has 0 aliphatic rings. The molecule has 0 radical (unpaired) electrons. The summed E-state index contributed by atoms with van der Waals surface area (Å²) in [5.74, 6) is -0.273. The number of carbonyl (C=O) groups is 1. The summed E-state index contributed by atoms with van der Waals surface area (Å²) in [4.78, 5) is 36.8. The van der Waals surface area contributed by atoms with Gasteiger partial charge >= 0.3 is 0 Å². The van der Waals surface area contributed by atoms with E-state index < -0.39 is 0 Å². The number of nitrogens with zero attached hydrogens (tertiary/aromatic N) is 7. The molecule has 38 heavy (non-hydrogen) atoms. The lowest BCUT2D eigenvalue weighted by Crippen LogP contribution is -2.26. The maximum atomic E-state index is 13.5. The highest BCUT2D eigenvalue weighted by atomic mass is 35.5. The van der Waals surface area contributed by atoms with E-state index in [1.165, 1.54) is 9.47 Å². The Kier molecular flexibility index (Phi) is 6.22. The van der Waals surface area contributed by atoms with Crippen molar-refractivity contribution in [2.75, 3.05) is 19.4 Å². The minimum atomic E-state index is -0.273. The van der Waals surface area contributed by atoms with Gasteiger partial charge in [0.15, 0.2) is 11.3 Å². The fourth-order valence-electron chi connectivity index (χ4n) is 4.83. The minimum absolute atomic E-state index is 0.196. The van der Waals surface area contributed by atoms with E-state index in [0.29, 0.717) is 27.4 Å². The molecule has 11 heteroatoms. The number of benzene rings is 1. The van der Waals surface area contributed by atoms with Crippen LogP contribution < -0.4 is 10.9 Å². The molecule has 0 bridgehead atoms. The van der Waals surface area contributed by atoms with Crippen molar-refractivity contribution in [3.8, 4) is 11.3 Å². The van der Waals surface area contributed by atoms with Crippen LogP contribution in [0.4, 0.5) is 5.69 Å². The number of fused-ring (bicyclic) bond motifs is 3. The predicted molar refractivity (Wildman–Crippen MR) is 149 cm³/mol. The third kappa shape index (κ3) is 4.01. The smallest absolute Gasteiger partial charge is 0.275 e. The lowest BCUT2D eigenvalue weighted by atomic mass is 10.00. The maximum Gasteiger partial charge on any atom is 0.275 e. The quantitative estimate of drug-likeness (QED) is 0.341. The van der Waals surface area contributed by atoms with Gasteiger partial charge in [-0.15, -0.1) is 0 Å². The summed E-state index contributed by atoms with van der Waals surface area (Å²) >= 11 is 6.28. The van der Waals surface area contributed by atoms with Gasteiger partial charge in [-0.3, -0.25) is 23.2 Å². The van der Waals surface area contributed by atoms with Crippen molar-refractivity contribution in [1.29, 1.82) is 0 Å². The van der Waals surface area contributed by atoms with Crippen LogP contribution in [0.1, 0.15) is 40.3 Å². The molecule has 5 rings (SSSR count). The Bertz CT molecular complexity index is 1800. The van der Waals surface area contributed by atoms with Gasteiger partial charge in [0.2, 0.25) is 0 Å². The first-order chi connectivity index (χ1) is 18.0. The third-order valence-electron chi connectivity index (χ3n) is 6.92. The molecule has 196 valence electrons. The van der Waals surface area contributed by atoms with Gasteiger partial charge in [0, 0.05) is 39.4 Å². The lowest BCUT2D eigenvalue weighted by molar-refractivity contribution is 0.0824. The van der Waals surface area contributed by atoms with Gasteiger partial charge in [0.1, 0.15) is 11.5 Å². The van der Waals surface area contributed by atoms with E-state index in [1.54, 1.807) is 44.4 Å².